The van der Waals surface area contributed by atoms with Crippen LogP contribution in [0.3, 0.4) is 0 Å². The van der Waals surface area contributed by atoms with Gasteiger partial charge in [0.2, 0.25) is 5.91 Å². The summed E-state index contributed by atoms with van der Waals surface area (Å²) >= 11 is 6.43. The average Bonchev–Trinajstić information content (AvgIpc) is 3.34. The molecule has 0 bridgehead atoms. The molecule has 9 heteroatoms. The van der Waals surface area contributed by atoms with Crippen LogP contribution >= 0.6 is 11.6 Å². The molecule has 2 aliphatic rings. The molecule has 8 nitrogen and oxygen atoms in total. The lowest BCUT2D eigenvalue weighted by Gasteiger charge is -2.43. The quantitative estimate of drug-likeness (QED) is 0.428. The first-order valence-corrected chi connectivity index (χ1v) is 13.4. The van der Waals surface area contributed by atoms with E-state index in [1.54, 1.807) is 13.0 Å². The fourth-order valence-electron chi connectivity index (χ4n) is 5.31. The Morgan fingerprint density at radius 3 is 2.53 bits per heavy atom. The van der Waals surface area contributed by atoms with E-state index in [2.05, 4.69) is 5.16 Å². The molecule has 3 heterocycles. The van der Waals surface area contributed by atoms with Crippen molar-refractivity contribution in [3.8, 4) is 17.0 Å². The summed E-state index contributed by atoms with van der Waals surface area (Å²) < 4.78 is 17.1. The van der Waals surface area contributed by atoms with Crippen LogP contribution in [0.25, 0.3) is 11.3 Å². The van der Waals surface area contributed by atoms with Gasteiger partial charge in [-0.3, -0.25) is 9.59 Å². The standard InChI is InChI=1S/C29H32ClN3O5/c1-21-26(27(31-38-21)23-10-5-6-11-24(23)30)28(35)33-13-7-12-29(19-33,20-37-22-8-3-2-4-9-22)18-25(34)32-14-16-36-17-15-32/h2-6,8-11H,7,12-20H2,1H3/t29-/m0/s1. The normalized spacial score (nSPS) is 19.8. The number of halogens is 1. The van der Waals surface area contributed by atoms with Gasteiger partial charge in [-0.2, -0.15) is 0 Å². The number of likely N-dealkylation sites (tertiary alicyclic amines) is 1. The van der Waals surface area contributed by atoms with Crippen LogP contribution in [0.5, 0.6) is 5.75 Å². The maximum absolute atomic E-state index is 14.0. The average molecular weight is 538 g/mol. The van der Waals surface area contributed by atoms with Gasteiger partial charge in [0.1, 0.15) is 22.8 Å². The lowest BCUT2D eigenvalue weighted by Crippen LogP contribution is -2.52. The Hall–Kier alpha value is -3.36. The molecule has 0 N–H and O–H groups in total. The van der Waals surface area contributed by atoms with E-state index in [0.717, 1.165) is 18.6 Å². The highest BCUT2D eigenvalue weighted by molar-refractivity contribution is 6.33. The van der Waals surface area contributed by atoms with E-state index in [1.807, 2.05) is 58.3 Å². The predicted molar refractivity (Wildman–Crippen MR) is 143 cm³/mol. The molecule has 2 fully saturated rings. The molecule has 0 aliphatic carbocycles. The molecule has 5 rings (SSSR count). The Morgan fingerprint density at radius 1 is 1.03 bits per heavy atom. The van der Waals surface area contributed by atoms with Crippen molar-refractivity contribution in [2.75, 3.05) is 46.0 Å². The van der Waals surface area contributed by atoms with E-state index in [0.29, 0.717) is 80.0 Å². The maximum Gasteiger partial charge on any atom is 0.259 e. The van der Waals surface area contributed by atoms with Crippen molar-refractivity contribution in [2.45, 2.75) is 26.2 Å². The molecule has 0 saturated carbocycles. The number of rotatable bonds is 7. The van der Waals surface area contributed by atoms with Gasteiger partial charge in [0.15, 0.2) is 0 Å². The second kappa shape index (κ2) is 11.6. The Kier molecular flexibility index (Phi) is 8.00. The van der Waals surface area contributed by atoms with Crippen LogP contribution in [0.2, 0.25) is 5.02 Å². The van der Waals surface area contributed by atoms with Crippen LogP contribution < -0.4 is 4.74 Å². The van der Waals surface area contributed by atoms with Crippen LogP contribution in [0.1, 0.15) is 35.4 Å². The number of amides is 2. The highest BCUT2D eigenvalue weighted by Crippen LogP contribution is 2.38. The summed E-state index contributed by atoms with van der Waals surface area (Å²) in [6.07, 6.45) is 1.83. The SMILES string of the molecule is Cc1onc(-c2ccccc2Cl)c1C(=O)N1CCC[C@](COc2ccccc2)(CC(=O)N2CCOCC2)C1. The number of morpholine rings is 1. The molecule has 0 unspecified atom stereocenters. The van der Waals surface area contributed by atoms with Gasteiger partial charge < -0.3 is 23.8 Å². The summed E-state index contributed by atoms with van der Waals surface area (Å²) in [5, 5.41) is 4.68. The lowest BCUT2D eigenvalue weighted by molar-refractivity contribution is -0.139. The Labute approximate surface area is 227 Å². The number of carbonyl (C=O) groups excluding carboxylic acids is 2. The smallest absolute Gasteiger partial charge is 0.259 e. The number of para-hydroxylation sites is 1. The lowest BCUT2D eigenvalue weighted by atomic mass is 9.77. The third-order valence-electron chi connectivity index (χ3n) is 7.33. The summed E-state index contributed by atoms with van der Waals surface area (Å²) in [5.74, 6) is 1.06. The predicted octanol–water partition coefficient (Wildman–Crippen LogP) is 4.85. The first-order valence-electron chi connectivity index (χ1n) is 13.0. The van der Waals surface area contributed by atoms with Crippen LogP contribution in [-0.4, -0.2) is 72.8 Å². The first-order chi connectivity index (χ1) is 18.5. The molecule has 2 amide bonds. The molecule has 2 aliphatic heterocycles. The molecule has 0 radical (unpaired) electrons. The molecule has 3 aromatic rings. The van der Waals surface area contributed by atoms with Crippen LogP contribution in [-0.2, 0) is 9.53 Å². The van der Waals surface area contributed by atoms with E-state index in [9.17, 15) is 9.59 Å². The van der Waals surface area contributed by atoms with E-state index in [-0.39, 0.29) is 11.8 Å². The number of aryl methyl sites for hydroxylation is 1. The maximum atomic E-state index is 14.0. The summed E-state index contributed by atoms with van der Waals surface area (Å²) in [6.45, 7) is 5.28. The largest absolute Gasteiger partial charge is 0.493 e. The molecule has 0 spiro atoms. The summed E-state index contributed by atoms with van der Waals surface area (Å²) in [7, 11) is 0. The Morgan fingerprint density at radius 2 is 1.76 bits per heavy atom. The molecule has 2 saturated heterocycles. The van der Waals surface area contributed by atoms with Crippen molar-refractivity contribution in [2.24, 2.45) is 5.41 Å². The van der Waals surface area contributed by atoms with E-state index < -0.39 is 5.41 Å². The van der Waals surface area contributed by atoms with Gasteiger partial charge in [-0.15, -0.1) is 0 Å². The molecule has 1 atom stereocenters. The van der Waals surface area contributed by atoms with Crippen LogP contribution in [0.15, 0.2) is 59.1 Å². The van der Waals surface area contributed by atoms with Gasteiger partial charge in [-0.1, -0.05) is 53.2 Å². The molecule has 200 valence electrons. The zero-order valence-corrected chi connectivity index (χ0v) is 22.3. The van der Waals surface area contributed by atoms with Gasteiger partial charge in [0.05, 0.1) is 24.8 Å². The highest BCUT2D eigenvalue weighted by atomic mass is 35.5. The summed E-state index contributed by atoms with van der Waals surface area (Å²) in [5.41, 5.74) is 0.943. The summed E-state index contributed by atoms with van der Waals surface area (Å²) in [6, 6.07) is 16.8. The molecule has 2 aromatic carbocycles. The first kappa shape index (κ1) is 26.3. The Bertz CT molecular complexity index is 1270. The molecule has 1 aromatic heterocycles. The fraction of sp³-hybridized carbons (Fsp3) is 0.414. The number of carbonyl (C=O) groups is 2. The van der Waals surface area contributed by atoms with Gasteiger partial charge in [-0.05, 0) is 38.0 Å². The molecule has 38 heavy (non-hydrogen) atoms. The number of ether oxygens (including phenoxy) is 2. The van der Waals surface area contributed by atoms with Gasteiger partial charge >= 0.3 is 0 Å². The highest BCUT2D eigenvalue weighted by Gasteiger charge is 2.42. The molecular weight excluding hydrogens is 506 g/mol. The Balaban J connectivity index is 1.41. The van der Waals surface area contributed by atoms with E-state index >= 15 is 0 Å². The number of nitrogens with zero attached hydrogens (tertiary/aromatic N) is 3. The number of piperidine rings is 1. The van der Waals surface area contributed by atoms with Crippen LogP contribution in [0, 0.1) is 12.3 Å². The molecular formula is C29H32ClN3O5. The minimum atomic E-state index is -0.533. The minimum Gasteiger partial charge on any atom is -0.493 e. The zero-order chi connectivity index (χ0) is 26.5. The van der Waals surface area contributed by atoms with Crippen molar-refractivity contribution in [3.05, 3.63) is 70.9 Å². The van der Waals surface area contributed by atoms with Crippen molar-refractivity contribution in [3.63, 3.8) is 0 Å². The van der Waals surface area contributed by atoms with Gasteiger partial charge in [0.25, 0.3) is 5.91 Å². The van der Waals surface area contributed by atoms with Crippen molar-refractivity contribution >= 4 is 23.4 Å². The summed E-state index contributed by atoms with van der Waals surface area (Å²) in [4.78, 5) is 31.0. The topological polar surface area (TPSA) is 85.1 Å². The fourth-order valence-corrected chi connectivity index (χ4v) is 5.54. The number of hydrogen-bond acceptors (Lipinski definition) is 6. The zero-order valence-electron chi connectivity index (χ0n) is 21.5. The third kappa shape index (κ3) is 5.71. The van der Waals surface area contributed by atoms with Gasteiger partial charge in [0, 0.05) is 43.6 Å². The third-order valence-corrected chi connectivity index (χ3v) is 7.66. The van der Waals surface area contributed by atoms with E-state index in [4.69, 9.17) is 25.6 Å². The van der Waals surface area contributed by atoms with Gasteiger partial charge in [-0.25, -0.2) is 0 Å². The van der Waals surface area contributed by atoms with Crippen LogP contribution in [0.4, 0.5) is 0 Å². The number of aromatic nitrogens is 1. The number of benzene rings is 2. The van der Waals surface area contributed by atoms with Crippen molar-refractivity contribution in [1.29, 1.82) is 0 Å². The minimum absolute atomic E-state index is 0.0668. The van der Waals surface area contributed by atoms with Crippen molar-refractivity contribution in [1.82, 2.24) is 15.0 Å². The number of hydrogen-bond donors (Lipinski definition) is 0. The monoisotopic (exact) mass is 537 g/mol. The second-order valence-electron chi connectivity index (χ2n) is 10.0. The van der Waals surface area contributed by atoms with E-state index in [1.165, 1.54) is 0 Å². The van der Waals surface area contributed by atoms with Crippen molar-refractivity contribution < 1.29 is 23.6 Å². The second-order valence-corrected chi connectivity index (χ2v) is 10.5.